The lowest BCUT2D eigenvalue weighted by Crippen LogP contribution is -2.33. The lowest BCUT2D eigenvalue weighted by atomic mass is 10.1. The number of ether oxygens (including phenoxy) is 2. The van der Waals surface area contributed by atoms with Crippen molar-refractivity contribution >= 4 is 33.5 Å². The SMILES string of the molecule is COC(=O)[C@@H](Oc1cc(CBr)ccc1Cl)C(C)C. The van der Waals surface area contributed by atoms with Crippen LogP contribution in [0.3, 0.4) is 0 Å². The van der Waals surface area contributed by atoms with E-state index in [1.54, 1.807) is 6.07 Å². The van der Waals surface area contributed by atoms with E-state index in [0.29, 0.717) is 16.1 Å². The first-order valence-electron chi connectivity index (χ1n) is 5.58. The first-order chi connectivity index (χ1) is 8.49. The van der Waals surface area contributed by atoms with Crippen molar-refractivity contribution in [3.8, 4) is 5.75 Å². The van der Waals surface area contributed by atoms with E-state index in [1.807, 2.05) is 26.0 Å². The maximum atomic E-state index is 11.6. The van der Waals surface area contributed by atoms with Gasteiger partial charge >= 0.3 is 5.97 Å². The van der Waals surface area contributed by atoms with Gasteiger partial charge in [-0.15, -0.1) is 0 Å². The van der Waals surface area contributed by atoms with Crippen LogP contribution in [0.15, 0.2) is 18.2 Å². The summed E-state index contributed by atoms with van der Waals surface area (Å²) in [5.41, 5.74) is 1.03. The highest BCUT2D eigenvalue weighted by Gasteiger charge is 2.25. The Hall–Kier alpha value is -0.740. The van der Waals surface area contributed by atoms with Gasteiger partial charge in [-0.25, -0.2) is 4.79 Å². The number of alkyl halides is 1. The van der Waals surface area contributed by atoms with Gasteiger partial charge in [0, 0.05) is 11.2 Å². The number of carbonyl (C=O) groups is 1. The molecule has 0 heterocycles. The van der Waals surface area contributed by atoms with Gasteiger partial charge < -0.3 is 9.47 Å². The second-order valence-electron chi connectivity index (χ2n) is 4.20. The molecule has 0 saturated heterocycles. The predicted octanol–water partition coefficient (Wildman–Crippen LogP) is 3.81. The molecule has 3 nitrogen and oxygen atoms in total. The van der Waals surface area contributed by atoms with Crippen LogP contribution >= 0.6 is 27.5 Å². The Labute approximate surface area is 121 Å². The fourth-order valence-electron chi connectivity index (χ4n) is 1.43. The topological polar surface area (TPSA) is 35.5 Å². The standard InChI is InChI=1S/C13H16BrClO3/c1-8(2)12(13(16)17-3)18-11-6-9(7-14)4-5-10(11)15/h4-6,8,12H,7H2,1-3H3/t12-/m0/s1. The molecular formula is C13H16BrClO3. The van der Waals surface area contributed by atoms with Gasteiger partial charge in [0.25, 0.3) is 0 Å². The summed E-state index contributed by atoms with van der Waals surface area (Å²) < 4.78 is 10.4. The lowest BCUT2D eigenvalue weighted by Gasteiger charge is -2.21. The van der Waals surface area contributed by atoms with Gasteiger partial charge in [0.05, 0.1) is 12.1 Å². The van der Waals surface area contributed by atoms with Gasteiger partial charge in [-0.1, -0.05) is 47.4 Å². The zero-order valence-electron chi connectivity index (χ0n) is 10.6. The largest absolute Gasteiger partial charge is 0.477 e. The second kappa shape index (κ2) is 7.00. The third-order valence-electron chi connectivity index (χ3n) is 2.44. The number of halogens is 2. The van der Waals surface area contributed by atoms with Crippen LogP contribution in [0.4, 0.5) is 0 Å². The van der Waals surface area contributed by atoms with Crippen LogP contribution in [0.5, 0.6) is 5.75 Å². The van der Waals surface area contributed by atoms with E-state index >= 15 is 0 Å². The van der Waals surface area contributed by atoms with E-state index < -0.39 is 12.1 Å². The Balaban J connectivity index is 2.96. The number of carbonyl (C=O) groups excluding carboxylic acids is 1. The van der Waals surface area contributed by atoms with Crippen molar-refractivity contribution in [3.63, 3.8) is 0 Å². The highest BCUT2D eigenvalue weighted by atomic mass is 79.9. The van der Waals surface area contributed by atoms with Crippen LogP contribution in [0.25, 0.3) is 0 Å². The Morgan fingerprint density at radius 1 is 1.44 bits per heavy atom. The normalized spacial score (nSPS) is 12.3. The van der Waals surface area contributed by atoms with Crippen LogP contribution < -0.4 is 4.74 Å². The maximum Gasteiger partial charge on any atom is 0.347 e. The summed E-state index contributed by atoms with van der Waals surface area (Å²) in [5, 5.41) is 1.18. The molecule has 0 bridgehead atoms. The molecule has 0 N–H and O–H groups in total. The molecule has 0 aliphatic carbocycles. The van der Waals surface area contributed by atoms with Gasteiger partial charge in [-0.3, -0.25) is 0 Å². The van der Waals surface area contributed by atoms with Crippen LogP contribution in [0, 0.1) is 5.92 Å². The first kappa shape index (κ1) is 15.3. The van der Waals surface area contributed by atoms with Crippen molar-refractivity contribution in [1.82, 2.24) is 0 Å². The van der Waals surface area contributed by atoms with Gasteiger partial charge in [0.1, 0.15) is 5.75 Å². The summed E-state index contributed by atoms with van der Waals surface area (Å²) in [5.74, 6) is 0.101. The molecule has 0 fully saturated rings. The van der Waals surface area contributed by atoms with Crippen molar-refractivity contribution < 1.29 is 14.3 Å². The highest BCUT2D eigenvalue weighted by Crippen LogP contribution is 2.28. The smallest absolute Gasteiger partial charge is 0.347 e. The van der Waals surface area contributed by atoms with E-state index in [0.717, 1.165) is 5.56 Å². The predicted molar refractivity (Wildman–Crippen MR) is 75.4 cm³/mol. The number of rotatable bonds is 5. The summed E-state index contributed by atoms with van der Waals surface area (Å²) in [4.78, 5) is 11.6. The van der Waals surface area contributed by atoms with Gasteiger partial charge in [-0.05, 0) is 17.7 Å². The summed E-state index contributed by atoms with van der Waals surface area (Å²) >= 11 is 9.42. The van der Waals surface area contributed by atoms with E-state index in [-0.39, 0.29) is 5.92 Å². The Bertz CT molecular complexity index is 421. The minimum Gasteiger partial charge on any atom is -0.477 e. The van der Waals surface area contributed by atoms with Crippen LogP contribution in [0.1, 0.15) is 19.4 Å². The summed E-state index contributed by atoms with van der Waals surface area (Å²) in [6.45, 7) is 3.79. The molecule has 0 saturated carbocycles. The third kappa shape index (κ3) is 3.89. The lowest BCUT2D eigenvalue weighted by molar-refractivity contribution is -0.150. The second-order valence-corrected chi connectivity index (χ2v) is 5.17. The highest BCUT2D eigenvalue weighted by molar-refractivity contribution is 9.08. The molecule has 0 aliphatic rings. The fraction of sp³-hybridized carbons (Fsp3) is 0.462. The summed E-state index contributed by atoms with van der Waals surface area (Å²) in [7, 11) is 1.34. The molecule has 0 amide bonds. The van der Waals surface area contributed by atoms with Crippen molar-refractivity contribution in [2.75, 3.05) is 7.11 Å². The quantitative estimate of drug-likeness (QED) is 0.606. The summed E-state index contributed by atoms with van der Waals surface area (Å²) in [6.07, 6.45) is -0.655. The van der Waals surface area contributed by atoms with E-state index in [4.69, 9.17) is 21.1 Å². The molecule has 1 rings (SSSR count). The number of hydrogen-bond acceptors (Lipinski definition) is 3. The number of esters is 1. The van der Waals surface area contributed by atoms with Gasteiger partial charge in [-0.2, -0.15) is 0 Å². The molecule has 0 radical (unpaired) electrons. The average molecular weight is 336 g/mol. The van der Waals surface area contributed by atoms with E-state index in [2.05, 4.69) is 15.9 Å². The number of methoxy groups -OCH3 is 1. The zero-order valence-corrected chi connectivity index (χ0v) is 12.9. The molecule has 0 unspecified atom stereocenters. The van der Waals surface area contributed by atoms with Crippen molar-refractivity contribution in [2.24, 2.45) is 5.92 Å². The van der Waals surface area contributed by atoms with Crippen LogP contribution in [-0.2, 0) is 14.9 Å². The van der Waals surface area contributed by atoms with Gasteiger partial charge in [0.2, 0.25) is 0 Å². The Morgan fingerprint density at radius 2 is 2.11 bits per heavy atom. The average Bonchev–Trinajstić information content (AvgIpc) is 2.36. The fourth-order valence-corrected chi connectivity index (χ4v) is 1.94. The van der Waals surface area contributed by atoms with Crippen molar-refractivity contribution in [1.29, 1.82) is 0 Å². The first-order valence-corrected chi connectivity index (χ1v) is 7.08. The number of hydrogen-bond donors (Lipinski definition) is 0. The van der Waals surface area contributed by atoms with Crippen molar-refractivity contribution in [2.45, 2.75) is 25.3 Å². The molecule has 0 aliphatic heterocycles. The zero-order chi connectivity index (χ0) is 13.7. The number of benzene rings is 1. The molecule has 18 heavy (non-hydrogen) atoms. The monoisotopic (exact) mass is 334 g/mol. The molecule has 5 heteroatoms. The van der Waals surface area contributed by atoms with E-state index in [1.165, 1.54) is 7.11 Å². The molecule has 1 aromatic rings. The Kier molecular flexibility index (Phi) is 5.96. The van der Waals surface area contributed by atoms with Crippen molar-refractivity contribution in [3.05, 3.63) is 28.8 Å². The molecular weight excluding hydrogens is 319 g/mol. The molecule has 1 aromatic carbocycles. The molecule has 0 spiro atoms. The van der Waals surface area contributed by atoms with Crippen LogP contribution in [0.2, 0.25) is 5.02 Å². The third-order valence-corrected chi connectivity index (χ3v) is 3.40. The van der Waals surface area contributed by atoms with E-state index in [9.17, 15) is 4.79 Å². The molecule has 0 aromatic heterocycles. The van der Waals surface area contributed by atoms with Crippen LogP contribution in [-0.4, -0.2) is 19.2 Å². The minimum atomic E-state index is -0.655. The van der Waals surface area contributed by atoms with Gasteiger partial charge in [0.15, 0.2) is 6.10 Å². The maximum absolute atomic E-state index is 11.6. The summed E-state index contributed by atoms with van der Waals surface area (Å²) in [6, 6.07) is 5.46. The minimum absolute atomic E-state index is 0.00106. The molecule has 100 valence electrons. The Morgan fingerprint density at radius 3 is 2.61 bits per heavy atom. The molecule has 1 atom stereocenters.